The number of aliphatic hydroxyl groups is 1. The molecule has 0 aromatic heterocycles. The number of nitrogens with zero attached hydrogens (tertiary/aromatic N) is 1. The molecule has 0 bridgehead atoms. The van der Waals surface area contributed by atoms with Crippen LogP contribution in [0.25, 0.3) is 0 Å². The lowest BCUT2D eigenvalue weighted by Crippen LogP contribution is -2.21. The molecule has 13 heavy (non-hydrogen) atoms. The molecule has 2 nitrogen and oxygen atoms in total. The lowest BCUT2D eigenvalue weighted by Gasteiger charge is -2.12. The van der Waals surface area contributed by atoms with E-state index in [-0.39, 0.29) is 0 Å². The molecule has 1 heterocycles. The van der Waals surface area contributed by atoms with E-state index < -0.39 is 0 Å². The molecule has 1 saturated heterocycles. The van der Waals surface area contributed by atoms with Gasteiger partial charge in [0.05, 0.1) is 0 Å². The van der Waals surface area contributed by atoms with Crippen LogP contribution in [0.1, 0.15) is 41.0 Å². The Hall–Kier alpha value is -0.0800. The van der Waals surface area contributed by atoms with E-state index in [1.54, 1.807) is 0 Å². The van der Waals surface area contributed by atoms with Crippen molar-refractivity contribution in [3.8, 4) is 0 Å². The summed E-state index contributed by atoms with van der Waals surface area (Å²) in [7, 11) is 2.11. The Kier molecular flexibility index (Phi) is 11.8. The molecule has 1 N–H and O–H groups in total. The molecule has 2 unspecified atom stereocenters. The molecule has 2 atom stereocenters. The van der Waals surface area contributed by atoms with E-state index in [1.165, 1.54) is 0 Å². The van der Waals surface area contributed by atoms with Crippen molar-refractivity contribution in [3.05, 3.63) is 0 Å². The van der Waals surface area contributed by atoms with Gasteiger partial charge in [-0.15, -0.1) is 0 Å². The molecule has 82 valence electrons. The average Bonchev–Trinajstić information content (AvgIpc) is 2.53. The van der Waals surface area contributed by atoms with Crippen molar-refractivity contribution >= 4 is 0 Å². The highest BCUT2D eigenvalue weighted by molar-refractivity contribution is 4.78. The van der Waals surface area contributed by atoms with Crippen LogP contribution in [0, 0.1) is 5.92 Å². The highest BCUT2D eigenvalue weighted by atomic mass is 16.3. The Bertz CT molecular complexity index is 86.1. The average molecular weight is 189 g/mol. The zero-order chi connectivity index (χ0) is 10.9. The molecule has 1 fully saturated rings. The van der Waals surface area contributed by atoms with Gasteiger partial charge in [-0.1, -0.05) is 27.7 Å². The minimum atomic E-state index is 0.356. The Labute approximate surface area is 83.9 Å². The van der Waals surface area contributed by atoms with Crippen LogP contribution in [0.2, 0.25) is 0 Å². The van der Waals surface area contributed by atoms with Crippen molar-refractivity contribution in [2.75, 3.05) is 20.2 Å². The van der Waals surface area contributed by atoms with E-state index in [0.29, 0.717) is 18.6 Å². The van der Waals surface area contributed by atoms with E-state index in [4.69, 9.17) is 5.11 Å². The topological polar surface area (TPSA) is 23.5 Å². The largest absolute Gasteiger partial charge is 0.396 e. The van der Waals surface area contributed by atoms with Gasteiger partial charge in [-0.25, -0.2) is 0 Å². The molecule has 1 rings (SSSR count). The second-order valence-corrected chi connectivity index (χ2v) is 3.07. The van der Waals surface area contributed by atoms with Gasteiger partial charge in [0.2, 0.25) is 0 Å². The van der Waals surface area contributed by atoms with Crippen molar-refractivity contribution in [1.29, 1.82) is 0 Å². The molecule has 0 saturated carbocycles. The maximum Gasteiger partial charge on any atom is 0.0472 e. The fourth-order valence-corrected chi connectivity index (χ4v) is 1.46. The molecule has 2 heteroatoms. The van der Waals surface area contributed by atoms with Crippen LogP contribution < -0.4 is 0 Å². The molecule has 0 spiro atoms. The lowest BCUT2D eigenvalue weighted by molar-refractivity contribution is 0.227. The lowest BCUT2D eigenvalue weighted by atomic mass is 10.1. The van der Waals surface area contributed by atoms with Gasteiger partial charge in [0, 0.05) is 19.2 Å². The van der Waals surface area contributed by atoms with Crippen LogP contribution in [-0.2, 0) is 0 Å². The van der Waals surface area contributed by atoms with Crippen LogP contribution in [0.15, 0.2) is 0 Å². The molecule has 0 aromatic carbocycles. The first-order valence-corrected chi connectivity index (χ1v) is 5.55. The molecule has 1 aliphatic heterocycles. The van der Waals surface area contributed by atoms with Gasteiger partial charge in [-0.3, -0.25) is 0 Å². The number of hydrogen-bond donors (Lipinski definition) is 1. The molecule has 0 amide bonds. The van der Waals surface area contributed by atoms with E-state index in [1.807, 2.05) is 27.7 Å². The second kappa shape index (κ2) is 10.0. The highest BCUT2D eigenvalue weighted by Gasteiger charge is 2.24. The third-order valence-electron chi connectivity index (χ3n) is 2.23. The summed E-state index contributed by atoms with van der Waals surface area (Å²) < 4.78 is 0. The summed E-state index contributed by atoms with van der Waals surface area (Å²) in [5, 5.41) is 8.77. The van der Waals surface area contributed by atoms with Crippen molar-refractivity contribution in [2.24, 2.45) is 5.92 Å². The van der Waals surface area contributed by atoms with Crippen LogP contribution in [0.3, 0.4) is 0 Å². The summed E-state index contributed by atoms with van der Waals surface area (Å²) in [5.41, 5.74) is 0. The maximum absolute atomic E-state index is 8.77. The summed E-state index contributed by atoms with van der Waals surface area (Å²) in [5.74, 6) is 0.532. The SMILES string of the molecule is CC.CC.CC1CC(CO)CN1C. The Balaban J connectivity index is 0. The van der Waals surface area contributed by atoms with Gasteiger partial charge >= 0.3 is 0 Å². The van der Waals surface area contributed by atoms with Gasteiger partial charge in [-0.05, 0) is 26.3 Å². The van der Waals surface area contributed by atoms with Crippen LogP contribution in [-0.4, -0.2) is 36.2 Å². The number of aliphatic hydroxyl groups excluding tert-OH is 1. The summed E-state index contributed by atoms with van der Waals surface area (Å²) in [4.78, 5) is 2.29. The van der Waals surface area contributed by atoms with Crippen molar-refractivity contribution < 1.29 is 5.11 Å². The van der Waals surface area contributed by atoms with Gasteiger partial charge in [0.25, 0.3) is 0 Å². The zero-order valence-corrected chi connectivity index (χ0v) is 10.2. The minimum Gasteiger partial charge on any atom is -0.396 e. The van der Waals surface area contributed by atoms with E-state index in [0.717, 1.165) is 13.0 Å². The van der Waals surface area contributed by atoms with Crippen LogP contribution in [0.5, 0.6) is 0 Å². The van der Waals surface area contributed by atoms with Gasteiger partial charge < -0.3 is 10.0 Å². The Morgan fingerprint density at radius 1 is 1.23 bits per heavy atom. The number of likely N-dealkylation sites (tertiary alicyclic amines) is 1. The molecular formula is C11H27NO. The Morgan fingerprint density at radius 3 is 1.85 bits per heavy atom. The smallest absolute Gasteiger partial charge is 0.0472 e. The summed E-state index contributed by atoms with van der Waals surface area (Å²) in [6.07, 6.45) is 1.16. The quantitative estimate of drug-likeness (QED) is 0.684. The van der Waals surface area contributed by atoms with E-state index in [2.05, 4.69) is 18.9 Å². The summed E-state index contributed by atoms with van der Waals surface area (Å²) in [6, 6.07) is 0.669. The predicted octanol–water partition coefficient (Wildman–Crippen LogP) is 2.37. The van der Waals surface area contributed by atoms with Crippen molar-refractivity contribution in [2.45, 2.75) is 47.1 Å². The number of rotatable bonds is 1. The molecule has 0 aromatic rings. The first-order chi connectivity index (χ1) is 6.24. The third kappa shape index (κ3) is 6.05. The van der Waals surface area contributed by atoms with Crippen LogP contribution in [0.4, 0.5) is 0 Å². The summed E-state index contributed by atoms with van der Waals surface area (Å²) >= 11 is 0. The highest BCUT2D eigenvalue weighted by Crippen LogP contribution is 2.19. The molecular weight excluding hydrogens is 162 g/mol. The van der Waals surface area contributed by atoms with E-state index in [9.17, 15) is 0 Å². The molecule has 1 aliphatic rings. The maximum atomic E-state index is 8.77. The second-order valence-electron chi connectivity index (χ2n) is 3.07. The monoisotopic (exact) mass is 189 g/mol. The zero-order valence-electron chi connectivity index (χ0n) is 10.2. The fourth-order valence-electron chi connectivity index (χ4n) is 1.46. The normalized spacial score (nSPS) is 27.0. The van der Waals surface area contributed by atoms with Crippen LogP contribution >= 0.6 is 0 Å². The summed E-state index contributed by atoms with van der Waals surface area (Å²) in [6.45, 7) is 11.6. The van der Waals surface area contributed by atoms with E-state index >= 15 is 0 Å². The van der Waals surface area contributed by atoms with Gasteiger partial charge in [0.15, 0.2) is 0 Å². The Morgan fingerprint density at radius 2 is 1.69 bits per heavy atom. The molecule has 0 aliphatic carbocycles. The van der Waals surface area contributed by atoms with Crippen molar-refractivity contribution in [1.82, 2.24) is 4.90 Å². The van der Waals surface area contributed by atoms with Crippen molar-refractivity contribution in [3.63, 3.8) is 0 Å². The predicted molar refractivity (Wildman–Crippen MR) is 60.0 cm³/mol. The fraction of sp³-hybridized carbons (Fsp3) is 1.00. The van der Waals surface area contributed by atoms with Gasteiger partial charge in [-0.2, -0.15) is 0 Å². The van der Waals surface area contributed by atoms with Gasteiger partial charge in [0.1, 0.15) is 0 Å². The number of hydrogen-bond acceptors (Lipinski definition) is 2. The third-order valence-corrected chi connectivity index (χ3v) is 2.23. The standard InChI is InChI=1S/C7H15NO.2C2H6/c1-6-3-7(5-9)4-8(6)2;2*1-2/h6-7,9H,3-5H2,1-2H3;2*1-2H3. The first kappa shape index (κ1) is 15.4. The molecule has 0 radical (unpaired) electrons. The first-order valence-electron chi connectivity index (χ1n) is 5.55. The minimum absolute atomic E-state index is 0.356.